The van der Waals surface area contributed by atoms with Crippen molar-refractivity contribution in [3.63, 3.8) is 0 Å². The van der Waals surface area contributed by atoms with Gasteiger partial charge in [-0.1, -0.05) is 73.0 Å². The third-order valence-corrected chi connectivity index (χ3v) is 7.49. The fourth-order valence-corrected chi connectivity index (χ4v) is 6.84. The van der Waals surface area contributed by atoms with Gasteiger partial charge in [0.25, 0.3) is 0 Å². The van der Waals surface area contributed by atoms with E-state index in [1.54, 1.807) is 0 Å². The topological polar surface area (TPSA) is 23.5 Å². The largest absolute Gasteiger partial charge is 0.377 e. The van der Waals surface area contributed by atoms with E-state index in [-0.39, 0.29) is 23.3 Å². The Kier molecular flexibility index (Phi) is 3.38. The standard InChI is InChI=1S/C24H25NO/c1-3-24(26)19-15-10-16-23(19)21(24)20(17-11-6-4-7-12-17)25(2)22(23)18-13-8-5-9-14-18/h1,4-9,11-14,19-22,26H,10,15-16H2,2H3/t19-,20-,21-,22+,23+,24+/m1/s1. The molecule has 1 saturated heterocycles. The van der Waals surface area contributed by atoms with Crippen molar-refractivity contribution in [3.8, 4) is 12.3 Å². The molecule has 132 valence electrons. The Labute approximate surface area is 155 Å². The van der Waals surface area contributed by atoms with Gasteiger partial charge in [-0.3, -0.25) is 4.90 Å². The highest BCUT2D eigenvalue weighted by Gasteiger charge is 2.79. The monoisotopic (exact) mass is 343 g/mol. The average Bonchev–Trinajstić information content (AvgIpc) is 3.19. The highest BCUT2D eigenvalue weighted by atomic mass is 16.3. The van der Waals surface area contributed by atoms with Crippen LogP contribution in [0, 0.1) is 29.6 Å². The molecule has 3 fully saturated rings. The first-order valence-corrected chi connectivity index (χ1v) is 9.66. The Hall–Kier alpha value is -2.08. The number of terminal acetylenes is 1. The molecule has 2 nitrogen and oxygen atoms in total. The summed E-state index contributed by atoms with van der Waals surface area (Å²) in [6.07, 6.45) is 9.27. The number of aliphatic hydroxyl groups is 1. The lowest BCUT2D eigenvalue weighted by Crippen LogP contribution is -2.66. The molecule has 2 heteroatoms. The molecule has 6 atom stereocenters. The van der Waals surface area contributed by atoms with Crippen LogP contribution in [0.1, 0.15) is 42.5 Å². The van der Waals surface area contributed by atoms with Crippen LogP contribution in [-0.4, -0.2) is 22.7 Å². The van der Waals surface area contributed by atoms with Crippen LogP contribution in [0.4, 0.5) is 0 Å². The minimum absolute atomic E-state index is 0.0811. The summed E-state index contributed by atoms with van der Waals surface area (Å²) in [4.78, 5) is 2.49. The highest BCUT2D eigenvalue weighted by molar-refractivity contribution is 5.42. The summed E-state index contributed by atoms with van der Waals surface area (Å²) in [5.74, 6) is 3.13. The Balaban J connectivity index is 1.71. The fraction of sp³-hybridized carbons (Fsp3) is 0.417. The molecule has 26 heavy (non-hydrogen) atoms. The molecular formula is C24H25NO. The van der Waals surface area contributed by atoms with Gasteiger partial charge in [-0.15, -0.1) is 6.42 Å². The average molecular weight is 343 g/mol. The summed E-state index contributed by atoms with van der Waals surface area (Å²) in [5, 5.41) is 11.5. The lowest BCUT2D eigenvalue weighted by molar-refractivity contribution is -0.199. The molecular weight excluding hydrogens is 318 g/mol. The van der Waals surface area contributed by atoms with Crippen LogP contribution in [-0.2, 0) is 0 Å². The smallest absolute Gasteiger partial charge is 0.133 e. The minimum atomic E-state index is -0.991. The van der Waals surface area contributed by atoms with Gasteiger partial charge in [0.2, 0.25) is 0 Å². The van der Waals surface area contributed by atoms with Crippen LogP contribution in [0.15, 0.2) is 60.7 Å². The quantitative estimate of drug-likeness (QED) is 0.826. The van der Waals surface area contributed by atoms with Gasteiger partial charge < -0.3 is 5.11 Å². The highest BCUT2D eigenvalue weighted by Crippen LogP contribution is 2.79. The third kappa shape index (κ3) is 1.76. The molecule has 2 saturated carbocycles. The van der Waals surface area contributed by atoms with E-state index in [9.17, 15) is 5.11 Å². The predicted molar refractivity (Wildman–Crippen MR) is 103 cm³/mol. The van der Waals surface area contributed by atoms with Crippen LogP contribution in [0.2, 0.25) is 0 Å². The van der Waals surface area contributed by atoms with E-state index < -0.39 is 5.60 Å². The maximum absolute atomic E-state index is 11.5. The van der Waals surface area contributed by atoms with Gasteiger partial charge in [-0.05, 0) is 31.0 Å². The fourth-order valence-electron chi connectivity index (χ4n) is 6.84. The Morgan fingerprint density at radius 1 is 1.04 bits per heavy atom. The lowest BCUT2D eigenvalue weighted by Gasteiger charge is -2.61. The first-order chi connectivity index (χ1) is 12.6. The molecule has 0 amide bonds. The molecule has 1 aliphatic heterocycles. The summed E-state index contributed by atoms with van der Waals surface area (Å²) in [6.45, 7) is 0. The van der Waals surface area contributed by atoms with Gasteiger partial charge in [-0.2, -0.15) is 0 Å². The van der Waals surface area contributed by atoms with E-state index in [1.807, 2.05) is 0 Å². The van der Waals surface area contributed by atoms with E-state index >= 15 is 0 Å². The maximum atomic E-state index is 11.5. The Morgan fingerprint density at radius 2 is 1.65 bits per heavy atom. The van der Waals surface area contributed by atoms with Crippen molar-refractivity contribution < 1.29 is 5.11 Å². The van der Waals surface area contributed by atoms with Crippen LogP contribution in [0.3, 0.4) is 0 Å². The van der Waals surface area contributed by atoms with Crippen molar-refractivity contribution in [2.45, 2.75) is 36.9 Å². The molecule has 5 rings (SSSR count). The van der Waals surface area contributed by atoms with E-state index in [4.69, 9.17) is 6.42 Å². The van der Waals surface area contributed by atoms with Crippen molar-refractivity contribution >= 4 is 0 Å². The van der Waals surface area contributed by atoms with Gasteiger partial charge in [0.1, 0.15) is 5.60 Å². The lowest BCUT2D eigenvalue weighted by atomic mass is 9.43. The molecule has 1 spiro atoms. The molecule has 0 bridgehead atoms. The van der Waals surface area contributed by atoms with Gasteiger partial charge in [0.05, 0.1) is 0 Å². The van der Waals surface area contributed by atoms with Crippen molar-refractivity contribution in [1.82, 2.24) is 4.90 Å². The number of rotatable bonds is 2. The summed E-state index contributed by atoms with van der Waals surface area (Å²) >= 11 is 0. The first-order valence-electron chi connectivity index (χ1n) is 9.66. The number of hydrogen-bond donors (Lipinski definition) is 1. The molecule has 2 aromatic rings. The minimum Gasteiger partial charge on any atom is -0.377 e. The molecule has 0 radical (unpaired) electrons. The van der Waals surface area contributed by atoms with Crippen LogP contribution >= 0.6 is 0 Å². The predicted octanol–water partition coefficient (Wildman–Crippen LogP) is 4.20. The normalized spacial score (nSPS) is 41.1. The first kappa shape index (κ1) is 16.1. The second-order valence-corrected chi connectivity index (χ2v) is 8.34. The molecule has 1 N–H and O–H groups in total. The molecule has 0 unspecified atom stereocenters. The second kappa shape index (κ2) is 5.46. The van der Waals surface area contributed by atoms with Crippen molar-refractivity contribution in [2.24, 2.45) is 17.3 Å². The SMILES string of the molecule is C#C[C@]1(O)[C@@H]2CCC[C@]23[C@H](c2ccccc2)N(C)[C@H](c2ccccc2)[C@@H]13. The van der Waals surface area contributed by atoms with Crippen molar-refractivity contribution in [3.05, 3.63) is 71.8 Å². The number of nitrogens with zero attached hydrogens (tertiary/aromatic N) is 1. The van der Waals surface area contributed by atoms with Gasteiger partial charge >= 0.3 is 0 Å². The van der Waals surface area contributed by atoms with Gasteiger partial charge in [0.15, 0.2) is 0 Å². The molecule has 1 heterocycles. The van der Waals surface area contributed by atoms with Crippen LogP contribution in [0.5, 0.6) is 0 Å². The third-order valence-electron chi connectivity index (χ3n) is 7.49. The molecule has 3 aliphatic rings. The summed E-state index contributed by atoms with van der Waals surface area (Å²) < 4.78 is 0. The molecule has 2 aromatic carbocycles. The van der Waals surface area contributed by atoms with Crippen molar-refractivity contribution in [1.29, 1.82) is 0 Å². The van der Waals surface area contributed by atoms with E-state index in [1.165, 1.54) is 11.1 Å². The van der Waals surface area contributed by atoms with Crippen molar-refractivity contribution in [2.75, 3.05) is 7.05 Å². The number of benzene rings is 2. The van der Waals surface area contributed by atoms with Crippen LogP contribution in [0.25, 0.3) is 0 Å². The summed E-state index contributed by atoms with van der Waals surface area (Å²) in [5.41, 5.74) is 1.70. The second-order valence-electron chi connectivity index (χ2n) is 8.34. The van der Waals surface area contributed by atoms with E-state index in [0.717, 1.165) is 19.3 Å². The van der Waals surface area contributed by atoms with Crippen LogP contribution < -0.4 is 0 Å². The zero-order chi connectivity index (χ0) is 17.9. The molecule has 0 aromatic heterocycles. The van der Waals surface area contributed by atoms with Gasteiger partial charge in [-0.25, -0.2) is 0 Å². The zero-order valence-electron chi connectivity index (χ0n) is 15.2. The maximum Gasteiger partial charge on any atom is 0.133 e. The van der Waals surface area contributed by atoms with E-state index in [2.05, 4.69) is 78.5 Å². The number of hydrogen-bond acceptors (Lipinski definition) is 2. The zero-order valence-corrected chi connectivity index (χ0v) is 15.2. The Morgan fingerprint density at radius 3 is 2.27 bits per heavy atom. The Bertz CT molecular complexity index is 857. The van der Waals surface area contributed by atoms with Gasteiger partial charge in [0, 0.05) is 29.3 Å². The number of likely N-dealkylation sites (tertiary alicyclic amines) is 1. The summed E-state index contributed by atoms with van der Waals surface area (Å²) in [7, 11) is 2.22. The summed E-state index contributed by atoms with van der Waals surface area (Å²) in [6, 6.07) is 21.9. The molecule has 2 aliphatic carbocycles. The van der Waals surface area contributed by atoms with E-state index in [0.29, 0.717) is 6.04 Å².